The van der Waals surface area contributed by atoms with Crippen LogP contribution in [0.2, 0.25) is 0 Å². The van der Waals surface area contributed by atoms with Gasteiger partial charge in [0.2, 0.25) is 5.91 Å². The van der Waals surface area contributed by atoms with Gasteiger partial charge in [-0.15, -0.1) is 0 Å². The van der Waals surface area contributed by atoms with Crippen molar-refractivity contribution in [3.8, 4) is 5.75 Å². The maximum absolute atomic E-state index is 12.4. The first-order chi connectivity index (χ1) is 13.0. The third kappa shape index (κ3) is 4.19. The van der Waals surface area contributed by atoms with E-state index in [1.54, 1.807) is 36.4 Å². The van der Waals surface area contributed by atoms with Crippen molar-refractivity contribution in [3.05, 3.63) is 58.1 Å². The number of nitrogens with zero attached hydrogens (tertiary/aromatic N) is 1. The van der Waals surface area contributed by atoms with E-state index in [1.165, 1.54) is 0 Å². The molecule has 1 N–H and O–H groups in total. The molecule has 2 aromatic carbocycles. The van der Waals surface area contributed by atoms with Gasteiger partial charge in [-0.3, -0.25) is 19.3 Å². The zero-order valence-corrected chi connectivity index (χ0v) is 16.4. The maximum Gasteiger partial charge on any atom is 0.261 e. The van der Waals surface area contributed by atoms with Crippen molar-refractivity contribution in [1.82, 2.24) is 4.90 Å². The molecule has 3 rings (SSSR count). The molecule has 27 heavy (non-hydrogen) atoms. The third-order valence-corrected chi connectivity index (χ3v) is 4.61. The highest BCUT2D eigenvalue weighted by Crippen LogP contribution is 2.27. The number of fused-ring (bicyclic) bond motifs is 1. The molecule has 1 aliphatic rings. The second-order valence-electron chi connectivity index (χ2n) is 6.09. The number of para-hydroxylation sites is 2. The number of carbonyl (C=O) groups is 3. The molecule has 1 aliphatic heterocycles. The molecular formula is C20H19BrN2O4. The topological polar surface area (TPSA) is 75.7 Å². The predicted octanol–water partition coefficient (Wildman–Crippen LogP) is 3.86. The van der Waals surface area contributed by atoms with Gasteiger partial charge < -0.3 is 10.1 Å². The van der Waals surface area contributed by atoms with Crippen molar-refractivity contribution in [1.29, 1.82) is 0 Å². The Morgan fingerprint density at radius 2 is 1.85 bits per heavy atom. The number of ether oxygens (including phenoxy) is 1. The van der Waals surface area contributed by atoms with E-state index in [4.69, 9.17) is 4.74 Å². The minimum atomic E-state index is -0.379. The number of anilines is 1. The lowest BCUT2D eigenvalue weighted by Gasteiger charge is -2.15. The number of amides is 3. The van der Waals surface area contributed by atoms with Crippen LogP contribution in [0, 0.1) is 0 Å². The largest absolute Gasteiger partial charge is 0.491 e. The Balaban J connectivity index is 1.62. The first-order valence-electron chi connectivity index (χ1n) is 8.68. The van der Waals surface area contributed by atoms with Gasteiger partial charge in [0.15, 0.2) is 0 Å². The van der Waals surface area contributed by atoms with E-state index >= 15 is 0 Å². The average Bonchev–Trinajstić information content (AvgIpc) is 2.89. The Bertz CT molecular complexity index is 897. The van der Waals surface area contributed by atoms with E-state index in [0.717, 1.165) is 15.8 Å². The Labute approximate surface area is 165 Å². The van der Waals surface area contributed by atoms with Crippen LogP contribution in [0.3, 0.4) is 0 Å². The molecule has 0 aromatic heterocycles. The summed E-state index contributed by atoms with van der Waals surface area (Å²) in [5.74, 6) is -0.448. The van der Waals surface area contributed by atoms with Gasteiger partial charge in [0.25, 0.3) is 11.8 Å². The zero-order chi connectivity index (χ0) is 19.4. The number of nitrogens with one attached hydrogen (secondary N) is 1. The average molecular weight is 431 g/mol. The lowest BCUT2D eigenvalue weighted by molar-refractivity contribution is -0.116. The number of rotatable bonds is 7. The molecule has 0 saturated heterocycles. The maximum atomic E-state index is 12.4. The minimum absolute atomic E-state index is 0.00868. The van der Waals surface area contributed by atoms with Crippen molar-refractivity contribution in [3.63, 3.8) is 0 Å². The number of imide groups is 1. The summed E-state index contributed by atoms with van der Waals surface area (Å²) in [4.78, 5) is 38.3. The van der Waals surface area contributed by atoms with E-state index in [-0.39, 0.29) is 30.7 Å². The predicted molar refractivity (Wildman–Crippen MR) is 105 cm³/mol. The van der Waals surface area contributed by atoms with E-state index in [9.17, 15) is 14.4 Å². The summed E-state index contributed by atoms with van der Waals surface area (Å²) in [6.07, 6.45) is 0.868. The summed E-state index contributed by atoms with van der Waals surface area (Å²) in [5.41, 5.74) is 1.29. The highest BCUT2D eigenvalue weighted by molar-refractivity contribution is 9.10. The summed E-state index contributed by atoms with van der Waals surface area (Å²) in [6.45, 7) is 2.58. The highest BCUT2D eigenvalue weighted by Gasteiger charge is 2.35. The van der Waals surface area contributed by atoms with E-state index in [2.05, 4.69) is 21.2 Å². The monoisotopic (exact) mass is 430 g/mol. The second-order valence-corrected chi connectivity index (χ2v) is 7.01. The fraction of sp³-hybridized carbons (Fsp3) is 0.250. The van der Waals surface area contributed by atoms with Gasteiger partial charge in [-0.1, -0.05) is 35.0 Å². The Hall–Kier alpha value is -2.67. The molecule has 3 amide bonds. The first kappa shape index (κ1) is 19.1. The molecule has 7 heteroatoms. The van der Waals surface area contributed by atoms with Gasteiger partial charge in [0.05, 0.1) is 23.4 Å². The fourth-order valence-corrected chi connectivity index (χ4v) is 3.16. The molecule has 0 saturated carbocycles. The Morgan fingerprint density at radius 3 is 2.63 bits per heavy atom. The van der Waals surface area contributed by atoms with Gasteiger partial charge in [-0.2, -0.15) is 0 Å². The molecule has 2 aromatic rings. The molecular weight excluding hydrogens is 412 g/mol. The van der Waals surface area contributed by atoms with Crippen molar-refractivity contribution in [2.45, 2.75) is 19.8 Å². The summed E-state index contributed by atoms with van der Waals surface area (Å²) in [6, 6.07) is 12.1. The molecule has 0 atom stereocenters. The van der Waals surface area contributed by atoms with Gasteiger partial charge in [0, 0.05) is 17.4 Å². The number of carbonyl (C=O) groups excluding carboxylic acids is 3. The second kappa shape index (κ2) is 8.35. The van der Waals surface area contributed by atoms with Gasteiger partial charge in [-0.25, -0.2) is 0 Å². The van der Waals surface area contributed by atoms with Crippen molar-refractivity contribution in [2.24, 2.45) is 0 Å². The molecule has 1 heterocycles. The smallest absolute Gasteiger partial charge is 0.261 e. The van der Waals surface area contributed by atoms with Crippen LogP contribution >= 0.6 is 15.9 Å². The quantitative estimate of drug-likeness (QED) is 0.676. The SMILES string of the molecule is CCCOc1ccccc1NC(=O)CCN1C(=O)c2ccc(Br)cc2C1=O. The standard InChI is InChI=1S/C20H19BrN2O4/c1-2-11-27-17-6-4-3-5-16(17)22-18(24)9-10-23-19(25)14-8-7-13(21)12-15(14)20(23)26/h3-8,12H,2,9-11H2,1H3,(H,22,24). The number of hydrogen-bond acceptors (Lipinski definition) is 4. The van der Waals surface area contributed by atoms with Crippen LogP contribution in [0.5, 0.6) is 5.75 Å². The molecule has 0 aliphatic carbocycles. The molecule has 0 radical (unpaired) electrons. The molecule has 6 nitrogen and oxygen atoms in total. The van der Waals surface area contributed by atoms with Crippen LogP contribution in [0.25, 0.3) is 0 Å². The van der Waals surface area contributed by atoms with Gasteiger partial charge in [0.1, 0.15) is 5.75 Å². The molecule has 0 unspecified atom stereocenters. The molecule has 0 bridgehead atoms. The van der Waals surface area contributed by atoms with Crippen molar-refractivity contribution < 1.29 is 19.1 Å². The van der Waals surface area contributed by atoms with Crippen LogP contribution in [0.1, 0.15) is 40.5 Å². The van der Waals surface area contributed by atoms with E-state index in [1.807, 2.05) is 13.0 Å². The minimum Gasteiger partial charge on any atom is -0.491 e. The summed E-state index contributed by atoms with van der Waals surface area (Å²) in [5, 5.41) is 2.78. The third-order valence-electron chi connectivity index (χ3n) is 4.12. The number of benzene rings is 2. The Morgan fingerprint density at radius 1 is 1.11 bits per heavy atom. The number of halogens is 1. The fourth-order valence-electron chi connectivity index (χ4n) is 2.80. The zero-order valence-electron chi connectivity index (χ0n) is 14.8. The van der Waals surface area contributed by atoms with Gasteiger partial charge in [-0.05, 0) is 36.8 Å². The molecule has 0 fully saturated rings. The lowest BCUT2D eigenvalue weighted by Crippen LogP contribution is -2.32. The van der Waals surface area contributed by atoms with E-state index in [0.29, 0.717) is 29.2 Å². The lowest BCUT2D eigenvalue weighted by atomic mass is 10.1. The van der Waals surface area contributed by atoms with Crippen LogP contribution in [-0.2, 0) is 4.79 Å². The number of hydrogen-bond donors (Lipinski definition) is 1. The summed E-state index contributed by atoms with van der Waals surface area (Å²) < 4.78 is 6.34. The summed E-state index contributed by atoms with van der Waals surface area (Å²) in [7, 11) is 0. The molecule has 0 spiro atoms. The normalized spacial score (nSPS) is 12.9. The van der Waals surface area contributed by atoms with Gasteiger partial charge >= 0.3 is 0 Å². The van der Waals surface area contributed by atoms with Crippen LogP contribution in [0.4, 0.5) is 5.69 Å². The summed E-state index contributed by atoms with van der Waals surface area (Å²) >= 11 is 3.30. The van der Waals surface area contributed by atoms with Crippen LogP contribution < -0.4 is 10.1 Å². The van der Waals surface area contributed by atoms with Crippen LogP contribution in [-0.4, -0.2) is 35.8 Å². The molecule has 140 valence electrons. The first-order valence-corrected chi connectivity index (χ1v) is 9.48. The van der Waals surface area contributed by atoms with Crippen LogP contribution in [0.15, 0.2) is 46.9 Å². The highest BCUT2D eigenvalue weighted by atomic mass is 79.9. The Kier molecular flexibility index (Phi) is 5.91. The van der Waals surface area contributed by atoms with Crippen molar-refractivity contribution in [2.75, 3.05) is 18.5 Å². The van der Waals surface area contributed by atoms with Crippen molar-refractivity contribution >= 4 is 39.3 Å². The van der Waals surface area contributed by atoms with E-state index < -0.39 is 0 Å².